The lowest BCUT2D eigenvalue weighted by molar-refractivity contribution is 0.886. The maximum absolute atomic E-state index is 9.48. The predicted octanol–water partition coefficient (Wildman–Crippen LogP) is 4.26. The van der Waals surface area contributed by atoms with Crippen LogP contribution in [0.1, 0.15) is 16.7 Å². The van der Waals surface area contributed by atoms with Gasteiger partial charge in [-0.3, -0.25) is 0 Å². The molecule has 3 rings (SSSR count). The van der Waals surface area contributed by atoms with Gasteiger partial charge in [0.1, 0.15) is 23.1 Å². The number of aromatic nitrogens is 2. The molecule has 5 heteroatoms. The van der Waals surface area contributed by atoms with Gasteiger partial charge < -0.3 is 5.73 Å². The summed E-state index contributed by atoms with van der Waals surface area (Å²) >= 11 is 5.93. The maximum atomic E-state index is 9.48. The van der Waals surface area contributed by atoms with Crippen LogP contribution < -0.4 is 5.73 Å². The van der Waals surface area contributed by atoms with Crippen LogP contribution in [0.25, 0.3) is 16.9 Å². The number of nitrogens with two attached hydrogens (primary N) is 1. The van der Waals surface area contributed by atoms with E-state index in [1.54, 1.807) is 16.8 Å². The summed E-state index contributed by atoms with van der Waals surface area (Å²) in [6.07, 6.45) is 0. The smallest absolute Gasteiger partial charge is 0.145 e. The molecule has 0 saturated carbocycles. The molecule has 0 atom stereocenters. The number of aryl methyl sites for hydroxylation is 2. The van der Waals surface area contributed by atoms with Gasteiger partial charge in [0, 0.05) is 10.6 Å². The van der Waals surface area contributed by atoms with E-state index in [2.05, 4.69) is 17.2 Å². The number of benzene rings is 2. The number of nitrogens with zero attached hydrogens (tertiary/aromatic N) is 3. The minimum Gasteiger partial charge on any atom is -0.382 e. The lowest BCUT2D eigenvalue weighted by Crippen LogP contribution is -2.04. The molecule has 0 fully saturated rings. The summed E-state index contributed by atoms with van der Waals surface area (Å²) in [5, 5.41) is 14.7. The van der Waals surface area contributed by atoms with Gasteiger partial charge in [-0.25, -0.2) is 4.68 Å². The lowest BCUT2D eigenvalue weighted by atomic mass is 10.1. The zero-order valence-corrected chi connectivity index (χ0v) is 13.6. The molecule has 2 aromatic carbocycles. The highest BCUT2D eigenvalue weighted by Crippen LogP contribution is 2.30. The summed E-state index contributed by atoms with van der Waals surface area (Å²) < 4.78 is 1.62. The van der Waals surface area contributed by atoms with Crippen molar-refractivity contribution in [3.05, 3.63) is 64.2 Å². The topological polar surface area (TPSA) is 67.6 Å². The summed E-state index contributed by atoms with van der Waals surface area (Å²) in [6.45, 7) is 4.03. The van der Waals surface area contributed by atoms with Gasteiger partial charge in [-0.15, -0.1) is 0 Å². The third-order valence-electron chi connectivity index (χ3n) is 3.73. The molecule has 0 spiro atoms. The first kappa shape index (κ1) is 15.1. The molecule has 0 radical (unpaired) electrons. The summed E-state index contributed by atoms with van der Waals surface area (Å²) in [6, 6.07) is 15.4. The Kier molecular flexibility index (Phi) is 3.81. The zero-order chi connectivity index (χ0) is 16.6. The van der Waals surface area contributed by atoms with Crippen LogP contribution in [0.2, 0.25) is 5.02 Å². The standard InChI is InChI=1S/C18H15ClN4/c1-11-3-8-16(12(2)9-11)23-18(21)15(10-20)17(22-23)13-4-6-14(19)7-5-13/h3-9H,21H2,1-2H3. The van der Waals surface area contributed by atoms with E-state index in [4.69, 9.17) is 17.3 Å². The van der Waals surface area contributed by atoms with E-state index in [0.717, 1.165) is 22.4 Å². The van der Waals surface area contributed by atoms with Crippen LogP contribution in [0.5, 0.6) is 0 Å². The maximum Gasteiger partial charge on any atom is 0.145 e. The number of hydrogen-bond acceptors (Lipinski definition) is 3. The fourth-order valence-corrected chi connectivity index (χ4v) is 2.70. The predicted molar refractivity (Wildman–Crippen MR) is 92.6 cm³/mol. The minimum absolute atomic E-state index is 0.337. The van der Waals surface area contributed by atoms with Gasteiger partial charge in [0.2, 0.25) is 0 Å². The number of anilines is 1. The fourth-order valence-electron chi connectivity index (χ4n) is 2.58. The fraction of sp³-hybridized carbons (Fsp3) is 0.111. The third kappa shape index (κ3) is 2.67. The molecule has 0 saturated heterocycles. The van der Waals surface area contributed by atoms with Gasteiger partial charge in [-0.2, -0.15) is 10.4 Å². The average Bonchev–Trinajstić information content (AvgIpc) is 2.85. The zero-order valence-electron chi connectivity index (χ0n) is 12.8. The monoisotopic (exact) mass is 322 g/mol. The van der Waals surface area contributed by atoms with Crippen molar-refractivity contribution >= 4 is 17.4 Å². The van der Waals surface area contributed by atoms with Crippen molar-refractivity contribution in [2.75, 3.05) is 5.73 Å². The van der Waals surface area contributed by atoms with Crippen LogP contribution in [0.3, 0.4) is 0 Å². The Morgan fingerprint density at radius 3 is 2.43 bits per heavy atom. The van der Waals surface area contributed by atoms with Crippen molar-refractivity contribution in [3.8, 4) is 23.0 Å². The number of rotatable bonds is 2. The molecular formula is C18H15ClN4. The molecule has 0 aliphatic rings. The Balaban J connectivity index is 2.21. The quantitative estimate of drug-likeness (QED) is 0.766. The van der Waals surface area contributed by atoms with Crippen LogP contribution >= 0.6 is 11.6 Å². The molecule has 0 bridgehead atoms. The summed E-state index contributed by atoms with van der Waals surface area (Å²) in [5.74, 6) is 0.337. The largest absolute Gasteiger partial charge is 0.382 e. The molecule has 4 nitrogen and oxygen atoms in total. The average molecular weight is 323 g/mol. The van der Waals surface area contributed by atoms with Gasteiger partial charge >= 0.3 is 0 Å². The Bertz CT molecular complexity index is 917. The minimum atomic E-state index is 0.337. The second-order valence-electron chi connectivity index (χ2n) is 5.43. The van der Waals surface area contributed by atoms with Gasteiger partial charge in [0.25, 0.3) is 0 Å². The molecule has 0 unspecified atom stereocenters. The van der Waals surface area contributed by atoms with E-state index >= 15 is 0 Å². The van der Waals surface area contributed by atoms with E-state index in [9.17, 15) is 5.26 Å². The SMILES string of the molecule is Cc1ccc(-n2nc(-c3ccc(Cl)cc3)c(C#N)c2N)c(C)c1. The van der Waals surface area contributed by atoms with Gasteiger partial charge in [0.05, 0.1) is 5.69 Å². The summed E-state index contributed by atoms with van der Waals surface area (Å²) in [4.78, 5) is 0. The van der Waals surface area contributed by atoms with E-state index in [-0.39, 0.29) is 0 Å². The number of nitrogen functional groups attached to an aromatic ring is 1. The Morgan fingerprint density at radius 1 is 1.13 bits per heavy atom. The Labute approximate surface area is 139 Å². The van der Waals surface area contributed by atoms with Gasteiger partial charge in [0.15, 0.2) is 0 Å². The van der Waals surface area contributed by atoms with E-state index in [1.165, 1.54) is 0 Å². The molecule has 114 valence electrons. The molecule has 0 aliphatic heterocycles. The molecule has 0 aliphatic carbocycles. The molecule has 2 N–H and O–H groups in total. The van der Waals surface area contributed by atoms with Crippen LogP contribution in [0, 0.1) is 25.2 Å². The molecule has 1 heterocycles. The third-order valence-corrected chi connectivity index (χ3v) is 3.98. The van der Waals surface area contributed by atoms with Gasteiger partial charge in [-0.05, 0) is 37.6 Å². The highest BCUT2D eigenvalue weighted by atomic mass is 35.5. The Hall–Kier alpha value is -2.77. The highest BCUT2D eigenvalue weighted by Gasteiger charge is 2.18. The first-order valence-corrected chi connectivity index (χ1v) is 7.51. The molecule has 1 aromatic heterocycles. The van der Waals surface area contributed by atoms with E-state index in [1.807, 2.05) is 38.1 Å². The van der Waals surface area contributed by atoms with Crippen molar-refractivity contribution in [2.45, 2.75) is 13.8 Å². The van der Waals surface area contributed by atoms with Crippen molar-refractivity contribution < 1.29 is 0 Å². The van der Waals surface area contributed by atoms with E-state index < -0.39 is 0 Å². The number of nitriles is 1. The second kappa shape index (κ2) is 5.79. The van der Waals surface area contributed by atoms with Crippen molar-refractivity contribution in [3.63, 3.8) is 0 Å². The van der Waals surface area contributed by atoms with Crippen LogP contribution in [-0.2, 0) is 0 Å². The summed E-state index contributed by atoms with van der Waals surface area (Å²) in [7, 11) is 0. The molecular weight excluding hydrogens is 308 g/mol. The van der Waals surface area contributed by atoms with Crippen LogP contribution in [0.4, 0.5) is 5.82 Å². The first-order chi connectivity index (χ1) is 11.0. The second-order valence-corrected chi connectivity index (χ2v) is 5.87. The highest BCUT2D eigenvalue weighted by molar-refractivity contribution is 6.30. The molecule has 23 heavy (non-hydrogen) atoms. The Morgan fingerprint density at radius 2 is 1.83 bits per heavy atom. The summed E-state index contributed by atoms with van der Waals surface area (Å²) in [5.41, 5.74) is 11.0. The molecule has 0 amide bonds. The van der Waals surface area contributed by atoms with Gasteiger partial charge in [-0.1, -0.05) is 41.4 Å². The van der Waals surface area contributed by atoms with Crippen molar-refractivity contribution in [1.29, 1.82) is 5.26 Å². The first-order valence-electron chi connectivity index (χ1n) is 7.13. The normalized spacial score (nSPS) is 10.5. The van der Waals surface area contributed by atoms with Crippen molar-refractivity contribution in [1.82, 2.24) is 9.78 Å². The van der Waals surface area contributed by atoms with Crippen molar-refractivity contribution in [2.24, 2.45) is 0 Å². The van der Waals surface area contributed by atoms with Crippen LogP contribution in [-0.4, -0.2) is 9.78 Å². The van der Waals surface area contributed by atoms with Crippen LogP contribution in [0.15, 0.2) is 42.5 Å². The van der Waals surface area contributed by atoms with E-state index in [0.29, 0.717) is 22.1 Å². The number of hydrogen-bond donors (Lipinski definition) is 1. The number of halogens is 1. The lowest BCUT2D eigenvalue weighted by Gasteiger charge is -2.08. The molecule has 3 aromatic rings.